The number of nitrogens with zero attached hydrogens (tertiary/aromatic N) is 2. The summed E-state index contributed by atoms with van der Waals surface area (Å²) in [6.07, 6.45) is 2.33. The molecule has 20 heavy (non-hydrogen) atoms. The summed E-state index contributed by atoms with van der Waals surface area (Å²) in [6, 6.07) is 12.7. The van der Waals surface area contributed by atoms with Gasteiger partial charge in [-0.15, -0.1) is 0 Å². The smallest absolute Gasteiger partial charge is 0.178 e. The average Bonchev–Trinajstić information content (AvgIpc) is 2.48. The number of hydrogen-bond donors (Lipinski definition) is 0. The predicted molar refractivity (Wildman–Crippen MR) is 74.6 cm³/mol. The van der Waals surface area contributed by atoms with Crippen molar-refractivity contribution in [1.29, 1.82) is 5.26 Å². The highest BCUT2D eigenvalue weighted by Crippen LogP contribution is 2.12. The van der Waals surface area contributed by atoms with Crippen LogP contribution in [0, 0.1) is 11.3 Å². The summed E-state index contributed by atoms with van der Waals surface area (Å²) in [5.41, 5.74) is 2.09. The minimum atomic E-state index is -0.0418. The Morgan fingerprint density at radius 2 is 2.05 bits per heavy atom. The highest BCUT2D eigenvalue weighted by molar-refractivity contribution is 5.92. The van der Waals surface area contributed by atoms with Crippen molar-refractivity contribution in [3.05, 3.63) is 59.4 Å². The molecular formula is C16H14N2O2. The van der Waals surface area contributed by atoms with Crippen LogP contribution in [0.5, 0.6) is 5.75 Å². The molecule has 0 spiro atoms. The molecule has 1 heterocycles. The van der Waals surface area contributed by atoms with Crippen LogP contribution in [0.15, 0.2) is 42.6 Å². The SMILES string of the molecule is CC(=O)c1cc(CCOc2ccc(C#N)cc2)ccn1. The first-order chi connectivity index (χ1) is 9.69. The number of ether oxygens (including phenoxy) is 1. The number of nitriles is 1. The largest absolute Gasteiger partial charge is 0.493 e. The lowest BCUT2D eigenvalue weighted by Crippen LogP contribution is -2.03. The van der Waals surface area contributed by atoms with Crippen LogP contribution < -0.4 is 4.74 Å². The van der Waals surface area contributed by atoms with E-state index in [0.717, 1.165) is 11.3 Å². The Morgan fingerprint density at radius 3 is 2.70 bits per heavy atom. The van der Waals surface area contributed by atoms with Crippen molar-refractivity contribution >= 4 is 5.78 Å². The molecule has 0 N–H and O–H groups in total. The van der Waals surface area contributed by atoms with E-state index in [4.69, 9.17) is 10.00 Å². The molecule has 0 saturated heterocycles. The van der Waals surface area contributed by atoms with Crippen molar-refractivity contribution in [3.63, 3.8) is 0 Å². The van der Waals surface area contributed by atoms with Crippen molar-refractivity contribution in [2.75, 3.05) is 6.61 Å². The Hall–Kier alpha value is -2.67. The Kier molecular flexibility index (Phi) is 4.46. The number of carbonyl (C=O) groups excluding carboxylic acids is 1. The van der Waals surface area contributed by atoms with E-state index < -0.39 is 0 Å². The number of aromatic nitrogens is 1. The molecule has 0 aliphatic rings. The summed E-state index contributed by atoms with van der Waals surface area (Å²) >= 11 is 0. The number of pyridine rings is 1. The summed E-state index contributed by atoms with van der Waals surface area (Å²) < 4.78 is 5.60. The number of carbonyl (C=O) groups is 1. The molecule has 4 nitrogen and oxygen atoms in total. The molecule has 0 radical (unpaired) electrons. The Labute approximate surface area is 117 Å². The molecule has 0 atom stereocenters. The van der Waals surface area contributed by atoms with Crippen molar-refractivity contribution in [1.82, 2.24) is 4.98 Å². The van der Waals surface area contributed by atoms with E-state index in [2.05, 4.69) is 11.1 Å². The van der Waals surface area contributed by atoms with E-state index in [-0.39, 0.29) is 5.78 Å². The third-order valence-corrected chi connectivity index (χ3v) is 2.83. The van der Waals surface area contributed by atoms with Crippen molar-refractivity contribution in [2.24, 2.45) is 0 Å². The third kappa shape index (κ3) is 3.66. The van der Waals surface area contributed by atoms with Crippen LogP contribution in [-0.4, -0.2) is 17.4 Å². The molecule has 100 valence electrons. The van der Waals surface area contributed by atoms with Crippen LogP contribution in [0.3, 0.4) is 0 Å². The van der Waals surface area contributed by atoms with Gasteiger partial charge in [0.05, 0.1) is 18.2 Å². The van der Waals surface area contributed by atoms with Crippen LogP contribution in [0.1, 0.15) is 28.5 Å². The number of rotatable bonds is 5. The van der Waals surface area contributed by atoms with E-state index in [1.807, 2.05) is 6.07 Å². The maximum Gasteiger partial charge on any atom is 0.178 e. The van der Waals surface area contributed by atoms with E-state index in [1.165, 1.54) is 6.92 Å². The van der Waals surface area contributed by atoms with Gasteiger partial charge in [0, 0.05) is 19.5 Å². The summed E-state index contributed by atoms with van der Waals surface area (Å²) in [6.45, 7) is 2.01. The molecule has 1 aromatic carbocycles. The van der Waals surface area contributed by atoms with Gasteiger partial charge in [-0.2, -0.15) is 5.26 Å². The Bertz CT molecular complexity index is 642. The maximum atomic E-state index is 11.2. The molecule has 0 aliphatic carbocycles. The van der Waals surface area contributed by atoms with Crippen LogP contribution >= 0.6 is 0 Å². The predicted octanol–water partition coefficient (Wildman–Crippen LogP) is 2.78. The normalized spacial score (nSPS) is 9.80. The lowest BCUT2D eigenvalue weighted by atomic mass is 10.1. The van der Waals surface area contributed by atoms with Crippen LogP contribution in [-0.2, 0) is 6.42 Å². The zero-order valence-electron chi connectivity index (χ0n) is 11.2. The summed E-state index contributed by atoms with van der Waals surface area (Å²) in [4.78, 5) is 15.2. The first kappa shape index (κ1) is 13.8. The molecule has 0 amide bonds. The maximum absolute atomic E-state index is 11.2. The fourth-order valence-corrected chi connectivity index (χ4v) is 1.73. The van der Waals surface area contributed by atoms with Gasteiger partial charge in [0.15, 0.2) is 5.78 Å². The van der Waals surface area contributed by atoms with Gasteiger partial charge in [-0.25, -0.2) is 0 Å². The topological polar surface area (TPSA) is 63.0 Å². The quantitative estimate of drug-likeness (QED) is 0.781. The molecule has 0 unspecified atom stereocenters. The van der Waals surface area contributed by atoms with Crippen LogP contribution in [0.2, 0.25) is 0 Å². The fourth-order valence-electron chi connectivity index (χ4n) is 1.73. The van der Waals surface area contributed by atoms with Gasteiger partial charge >= 0.3 is 0 Å². The Balaban J connectivity index is 1.90. The zero-order valence-corrected chi connectivity index (χ0v) is 11.2. The molecule has 0 saturated carbocycles. The molecule has 1 aromatic heterocycles. The lowest BCUT2D eigenvalue weighted by molar-refractivity contribution is 0.101. The number of Topliss-reactive ketones (excluding diaryl/α,β-unsaturated/α-hetero) is 1. The number of hydrogen-bond acceptors (Lipinski definition) is 4. The van der Waals surface area contributed by atoms with Crippen molar-refractivity contribution in [3.8, 4) is 11.8 Å². The standard InChI is InChI=1S/C16H14N2O2/c1-12(19)16-10-13(6-8-18-16)7-9-20-15-4-2-14(11-17)3-5-15/h2-6,8,10H,7,9H2,1H3. The third-order valence-electron chi connectivity index (χ3n) is 2.83. The monoisotopic (exact) mass is 266 g/mol. The summed E-state index contributed by atoms with van der Waals surface area (Å²) in [5, 5.41) is 8.70. The zero-order chi connectivity index (χ0) is 14.4. The molecular weight excluding hydrogens is 252 g/mol. The van der Waals surface area contributed by atoms with Crippen molar-refractivity contribution in [2.45, 2.75) is 13.3 Å². The van der Waals surface area contributed by atoms with E-state index in [1.54, 1.807) is 36.5 Å². The van der Waals surface area contributed by atoms with Gasteiger partial charge in [-0.3, -0.25) is 9.78 Å². The van der Waals surface area contributed by atoms with Gasteiger partial charge in [-0.05, 0) is 42.0 Å². The first-order valence-corrected chi connectivity index (χ1v) is 6.28. The van der Waals surface area contributed by atoms with Crippen LogP contribution in [0.25, 0.3) is 0 Å². The van der Waals surface area contributed by atoms with Gasteiger partial charge in [0.2, 0.25) is 0 Å². The van der Waals surface area contributed by atoms with Gasteiger partial charge in [0.1, 0.15) is 11.4 Å². The fraction of sp³-hybridized carbons (Fsp3) is 0.188. The van der Waals surface area contributed by atoms with Crippen molar-refractivity contribution < 1.29 is 9.53 Å². The summed E-state index contributed by atoms with van der Waals surface area (Å²) in [5.74, 6) is 0.685. The second-order valence-corrected chi connectivity index (χ2v) is 4.34. The molecule has 2 aromatic rings. The lowest BCUT2D eigenvalue weighted by Gasteiger charge is -2.06. The van der Waals surface area contributed by atoms with Crippen LogP contribution in [0.4, 0.5) is 0 Å². The van der Waals surface area contributed by atoms with Gasteiger partial charge < -0.3 is 4.74 Å². The van der Waals surface area contributed by atoms with E-state index in [9.17, 15) is 4.79 Å². The summed E-state index contributed by atoms with van der Waals surface area (Å²) in [7, 11) is 0. The molecule has 4 heteroatoms. The molecule has 2 rings (SSSR count). The second-order valence-electron chi connectivity index (χ2n) is 4.34. The van der Waals surface area contributed by atoms with E-state index in [0.29, 0.717) is 24.3 Å². The number of benzene rings is 1. The molecule has 0 bridgehead atoms. The van der Waals surface area contributed by atoms with E-state index >= 15 is 0 Å². The van der Waals surface area contributed by atoms with Gasteiger partial charge in [-0.1, -0.05) is 0 Å². The minimum absolute atomic E-state index is 0.0418. The molecule has 0 fully saturated rings. The second kappa shape index (κ2) is 6.48. The van der Waals surface area contributed by atoms with Gasteiger partial charge in [0.25, 0.3) is 0 Å². The minimum Gasteiger partial charge on any atom is -0.493 e. The number of ketones is 1. The average molecular weight is 266 g/mol. The highest BCUT2D eigenvalue weighted by atomic mass is 16.5. The first-order valence-electron chi connectivity index (χ1n) is 6.28. The Morgan fingerprint density at radius 1 is 1.30 bits per heavy atom. The molecule has 0 aliphatic heterocycles. The highest BCUT2D eigenvalue weighted by Gasteiger charge is 2.02.